The lowest BCUT2D eigenvalue weighted by atomic mass is 10.3. The Morgan fingerprint density at radius 1 is 1.39 bits per heavy atom. The van der Waals surface area contributed by atoms with Crippen LogP contribution < -0.4 is 10.6 Å². The van der Waals surface area contributed by atoms with Crippen molar-refractivity contribution in [2.24, 2.45) is 0 Å². The number of hydrogen-bond donors (Lipinski definition) is 1. The molecule has 0 aromatic carbocycles. The van der Waals surface area contributed by atoms with Crippen molar-refractivity contribution in [1.82, 2.24) is 14.9 Å². The largest absolute Gasteiger partial charge is 0.384 e. The number of nitrogens with zero attached hydrogens (tertiary/aromatic N) is 4. The fourth-order valence-corrected chi connectivity index (χ4v) is 1.62. The zero-order valence-electron chi connectivity index (χ0n) is 11.1. The molecule has 1 fully saturated rings. The van der Waals surface area contributed by atoms with E-state index in [-0.39, 0.29) is 12.5 Å². The maximum atomic E-state index is 11.7. The van der Waals surface area contributed by atoms with Crippen molar-refractivity contribution in [3.05, 3.63) is 11.9 Å². The molecule has 0 unspecified atom stereocenters. The molecule has 1 aliphatic carbocycles. The smallest absolute Gasteiger partial charge is 0.241 e. The van der Waals surface area contributed by atoms with E-state index in [1.54, 1.807) is 30.0 Å². The molecule has 1 aromatic heterocycles. The van der Waals surface area contributed by atoms with E-state index >= 15 is 0 Å². The van der Waals surface area contributed by atoms with Gasteiger partial charge in [0.05, 0.1) is 6.54 Å². The molecule has 0 radical (unpaired) electrons. The van der Waals surface area contributed by atoms with Crippen LogP contribution in [0.15, 0.2) is 6.07 Å². The highest BCUT2D eigenvalue weighted by atomic mass is 16.2. The van der Waals surface area contributed by atoms with Crippen LogP contribution in [0.3, 0.4) is 0 Å². The quantitative estimate of drug-likeness (QED) is 0.839. The van der Waals surface area contributed by atoms with Crippen molar-refractivity contribution in [2.45, 2.75) is 18.8 Å². The molecule has 0 aliphatic heterocycles. The minimum atomic E-state index is 0.0302. The minimum absolute atomic E-state index is 0.0302. The molecule has 0 bridgehead atoms. The van der Waals surface area contributed by atoms with E-state index in [0.717, 1.165) is 18.7 Å². The first-order valence-electron chi connectivity index (χ1n) is 6.03. The molecule has 0 saturated heterocycles. The van der Waals surface area contributed by atoms with E-state index in [4.69, 9.17) is 5.73 Å². The second-order valence-corrected chi connectivity index (χ2v) is 4.93. The summed E-state index contributed by atoms with van der Waals surface area (Å²) in [5.74, 6) is 2.45. The summed E-state index contributed by atoms with van der Waals surface area (Å²) in [5, 5.41) is 0. The highest BCUT2D eigenvalue weighted by Crippen LogP contribution is 2.38. The van der Waals surface area contributed by atoms with Crippen molar-refractivity contribution >= 4 is 17.5 Å². The Labute approximate surface area is 107 Å². The number of nitrogens with two attached hydrogens (primary N) is 1. The standard InChI is InChI=1S/C12H19N5O/c1-16(2)11(18)7-17(3)10-6-9(13)14-12(15-10)8-4-5-8/h6,8H,4-5,7H2,1-3H3,(H2,13,14,15). The van der Waals surface area contributed by atoms with E-state index in [1.165, 1.54) is 0 Å². The molecular formula is C12H19N5O. The Bertz CT molecular complexity index is 456. The summed E-state index contributed by atoms with van der Waals surface area (Å²) in [6.45, 7) is 0.285. The fraction of sp³-hybridized carbons (Fsp3) is 0.583. The molecule has 1 heterocycles. The SMILES string of the molecule is CN(C)C(=O)CN(C)c1cc(N)nc(C2CC2)n1. The Morgan fingerprint density at radius 2 is 2.06 bits per heavy atom. The van der Waals surface area contributed by atoms with Gasteiger partial charge in [0.1, 0.15) is 17.5 Å². The third-order valence-electron chi connectivity index (χ3n) is 2.95. The first-order chi connectivity index (χ1) is 8.47. The third kappa shape index (κ3) is 2.88. The summed E-state index contributed by atoms with van der Waals surface area (Å²) in [6, 6.07) is 1.70. The van der Waals surface area contributed by atoms with Gasteiger partial charge < -0.3 is 15.5 Å². The molecule has 1 saturated carbocycles. The molecular weight excluding hydrogens is 230 g/mol. The molecule has 6 heteroatoms. The average Bonchev–Trinajstić information content (AvgIpc) is 3.11. The summed E-state index contributed by atoms with van der Waals surface area (Å²) in [7, 11) is 5.31. The maximum absolute atomic E-state index is 11.7. The fourth-order valence-electron chi connectivity index (χ4n) is 1.62. The number of rotatable bonds is 4. The van der Waals surface area contributed by atoms with Gasteiger partial charge in [0.25, 0.3) is 0 Å². The van der Waals surface area contributed by atoms with Crippen molar-refractivity contribution in [1.29, 1.82) is 0 Å². The Balaban J connectivity index is 2.14. The van der Waals surface area contributed by atoms with Crippen LogP contribution in [0.1, 0.15) is 24.6 Å². The Morgan fingerprint density at radius 3 is 2.61 bits per heavy atom. The summed E-state index contributed by atoms with van der Waals surface area (Å²) in [6.07, 6.45) is 2.26. The van der Waals surface area contributed by atoms with Crippen molar-refractivity contribution in [2.75, 3.05) is 38.3 Å². The van der Waals surface area contributed by atoms with Gasteiger partial charge in [0, 0.05) is 33.1 Å². The van der Waals surface area contributed by atoms with E-state index in [2.05, 4.69) is 9.97 Å². The topological polar surface area (TPSA) is 75.4 Å². The lowest BCUT2D eigenvalue weighted by molar-refractivity contribution is -0.127. The van der Waals surface area contributed by atoms with Gasteiger partial charge in [-0.3, -0.25) is 4.79 Å². The Kier molecular flexibility index (Phi) is 3.36. The van der Waals surface area contributed by atoms with Gasteiger partial charge in [-0.15, -0.1) is 0 Å². The lowest BCUT2D eigenvalue weighted by Crippen LogP contribution is -2.34. The zero-order chi connectivity index (χ0) is 13.3. The molecule has 6 nitrogen and oxygen atoms in total. The molecule has 0 atom stereocenters. The zero-order valence-corrected chi connectivity index (χ0v) is 11.1. The van der Waals surface area contributed by atoms with Crippen molar-refractivity contribution in [3.63, 3.8) is 0 Å². The number of likely N-dealkylation sites (N-methyl/N-ethyl adjacent to an activating group) is 2. The number of amides is 1. The highest BCUT2D eigenvalue weighted by molar-refractivity contribution is 5.80. The second kappa shape index (κ2) is 4.80. The Hall–Kier alpha value is -1.85. The van der Waals surface area contributed by atoms with Gasteiger partial charge in [0.2, 0.25) is 5.91 Å². The number of anilines is 2. The van der Waals surface area contributed by atoms with E-state index in [9.17, 15) is 4.79 Å². The number of aromatic nitrogens is 2. The monoisotopic (exact) mass is 249 g/mol. The van der Waals surface area contributed by atoms with Gasteiger partial charge >= 0.3 is 0 Å². The van der Waals surface area contributed by atoms with E-state index in [1.807, 2.05) is 7.05 Å². The highest BCUT2D eigenvalue weighted by Gasteiger charge is 2.27. The van der Waals surface area contributed by atoms with Crippen LogP contribution in [-0.2, 0) is 4.79 Å². The molecule has 0 spiro atoms. The first kappa shape index (κ1) is 12.6. The number of carbonyl (C=O) groups is 1. The van der Waals surface area contributed by atoms with Gasteiger partial charge in [-0.1, -0.05) is 0 Å². The van der Waals surface area contributed by atoms with Crippen LogP contribution >= 0.6 is 0 Å². The second-order valence-electron chi connectivity index (χ2n) is 4.93. The lowest BCUT2D eigenvalue weighted by Gasteiger charge is -2.20. The van der Waals surface area contributed by atoms with Crippen LogP contribution in [-0.4, -0.2) is 48.5 Å². The summed E-state index contributed by atoms with van der Waals surface area (Å²) in [4.78, 5) is 23.7. The van der Waals surface area contributed by atoms with Crippen LogP contribution in [0.25, 0.3) is 0 Å². The summed E-state index contributed by atoms with van der Waals surface area (Å²) in [5.41, 5.74) is 5.78. The number of hydrogen-bond acceptors (Lipinski definition) is 5. The molecule has 2 N–H and O–H groups in total. The van der Waals surface area contributed by atoms with Crippen molar-refractivity contribution < 1.29 is 4.79 Å². The number of carbonyl (C=O) groups excluding carboxylic acids is 1. The van der Waals surface area contributed by atoms with Gasteiger partial charge in [-0.2, -0.15) is 0 Å². The van der Waals surface area contributed by atoms with Gasteiger partial charge in [-0.05, 0) is 12.8 Å². The molecule has 18 heavy (non-hydrogen) atoms. The van der Waals surface area contributed by atoms with Crippen LogP contribution in [0.5, 0.6) is 0 Å². The average molecular weight is 249 g/mol. The normalized spacial score (nSPS) is 14.4. The summed E-state index contributed by atoms with van der Waals surface area (Å²) < 4.78 is 0. The van der Waals surface area contributed by atoms with Crippen molar-refractivity contribution in [3.8, 4) is 0 Å². The van der Waals surface area contributed by atoms with E-state index in [0.29, 0.717) is 17.6 Å². The van der Waals surface area contributed by atoms with E-state index < -0.39 is 0 Å². The number of nitrogen functional groups attached to an aromatic ring is 1. The predicted molar refractivity (Wildman–Crippen MR) is 70.4 cm³/mol. The van der Waals surface area contributed by atoms with Gasteiger partial charge in [0.15, 0.2) is 0 Å². The van der Waals surface area contributed by atoms with Crippen LogP contribution in [0.2, 0.25) is 0 Å². The molecule has 98 valence electrons. The molecule has 1 aromatic rings. The first-order valence-corrected chi connectivity index (χ1v) is 6.03. The maximum Gasteiger partial charge on any atom is 0.241 e. The third-order valence-corrected chi connectivity index (χ3v) is 2.95. The van der Waals surface area contributed by atoms with Crippen LogP contribution in [0.4, 0.5) is 11.6 Å². The molecule has 1 aliphatic rings. The predicted octanol–water partition coefficient (Wildman–Crippen LogP) is 0.461. The van der Waals surface area contributed by atoms with Gasteiger partial charge in [-0.25, -0.2) is 9.97 Å². The minimum Gasteiger partial charge on any atom is -0.384 e. The summed E-state index contributed by atoms with van der Waals surface area (Å²) >= 11 is 0. The van der Waals surface area contributed by atoms with Crippen LogP contribution in [0, 0.1) is 0 Å². The molecule has 2 rings (SSSR count). The molecule has 1 amide bonds.